The number of carbonyl (C=O) groups is 2. The molecular weight excluding hydrogens is 228 g/mol. The molecule has 0 aromatic heterocycles. The van der Waals surface area contributed by atoms with Gasteiger partial charge in [-0.15, -0.1) is 0 Å². The van der Waals surface area contributed by atoms with Crippen molar-refractivity contribution in [1.82, 2.24) is 10.6 Å². The van der Waals surface area contributed by atoms with Crippen LogP contribution in [-0.4, -0.2) is 24.4 Å². The van der Waals surface area contributed by atoms with E-state index in [9.17, 15) is 9.59 Å². The molecule has 102 valence electrons. The summed E-state index contributed by atoms with van der Waals surface area (Å²) in [6.07, 6.45) is 10.9. The summed E-state index contributed by atoms with van der Waals surface area (Å²) < 4.78 is 0. The van der Waals surface area contributed by atoms with Crippen molar-refractivity contribution < 1.29 is 9.59 Å². The number of unbranched alkanes of at least 4 members (excludes halogenated alkanes) is 1. The molecule has 0 spiro atoms. The molecule has 1 unspecified atom stereocenters. The first kappa shape index (κ1) is 13.4. The zero-order valence-corrected chi connectivity index (χ0v) is 11.0. The van der Waals surface area contributed by atoms with E-state index in [4.69, 9.17) is 0 Å². The molecule has 2 rings (SSSR count). The molecule has 4 heteroatoms. The molecule has 2 fully saturated rings. The van der Waals surface area contributed by atoms with Crippen LogP contribution in [0.4, 0.5) is 0 Å². The van der Waals surface area contributed by atoms with E-state index >= 15 is 0 Å². The second-order valence-corrected chi connectivity index (χ2v) is 5.62. The summed E-state index contributed by atoms with van der Waals surface area (Å²) in [5.41, 5.74) is 0. The second-order valence-electron chi connectivity index (χ2n) is 5.62. The predicted molar refractivity (Wildman–Crippen MR) is 70.0 cm³/mol. The summed E-state index contributed by atoms with van der Waals surface area (Å²) in [7, 11) is 0. The van der Waals surface area contributed by atoms with Gasteiger partial charge in [0.1, 0.15) is 6.04 Å². The molecule has 18 heavy (non-hydrogen) atoms. The monoisotopic (exact) mass is 252 g/mol. The molecule has 1 saturated heterocycles. The fourth-order valence-electron chi connectivity index (χ4n) is 2.86. The largest absolute Gasteiger partial charge is 0.352 e. The van der Waals surface area contributed by atoms with Gasteiger partial charge in [-0.05, 0) is 12.3 Å². The van der Waals surface area contributed by atoms with Gasteiger partial charge in [-0.25, -0.2) is 0 Å². The highest BCUT2D eigenvalue weighted by atomic mass is 16.2. The molecular formula is C14H24N2O2. The Labute approximate surface area is 109 Å². The van der Waals surface area contributed by atoms with Crippen molar-refractivity contribution in [1.29, 1.82) is 0 Å². The van der Waals surface area contributed by atoms with Crippen LogP contribution in [0.25, 0.3) is 0 Å². The van der Waals surface area contributed by atoms with E-state index in [0.29, 0.717) is 13.0 Å². The van der Waals surface area contributed by atoms with Crippen molar-refractivity contribution in [3.8, 4) is 0 Å². The van der Waals surface area contributed by atoms with E-state index in [0.717, 1.165) is 18.8 Å². The SMILES string of the molecule is O=C(CCCCC1CCCCC1)NC1CNC1=O. The number of rotatable bonds is 6. The fourth-order valence-corrected chi connectivity index (χ4v) is 2.86. The van der Waals surface area contributed by atoms with Gasteiger partial charge in [-0.1, -0.05) is 44.9 Å². The number of β-lactam (4-membered cyclic amide) rings is 1. The smallest absolute Gasteiger partial charge is 0.244 e. The third kappa shape index (κ3) is 4.00. The van der Waals surface area contributed by atoms with E-state index in [1.54, 1.807) is 0 Å². The first-order chi connectivity index (χ1) is 8.75. The molecule has 1 heterocycles. The summed E-state index contributed by atoms with van der Waals surface area (Å²) >= 11 is 0. The maximum atomic E-state index is 11.6. The minimum Gasteiger partial charge on any atom is -0.352 e. The Balaban J connectivity index is 1.49. The van der Waals surface area contributed by atoms with Gasteiger partial charge in [0.25, 0.3) is 0 Å². The van der Waals surface area contributed by atoms with Gasteiger partial charge >= 0.3 is 0 Å². The third-order valence-electron chi connectivity index (χ3n) is 4.12. The van der Waals surface area contributed by atoms with Crippen molar-refractivity contribution in [3.63, 3.8) is 0 Å². The quantitative estimate of drug-likeness (QED) is 0.559. The normalized spacial score (nSPS) is 24.2. The molecule has 0 bridgehead atoms. The van der Waals surface area contributed by atoms with Gasteiger partial charge in [0, 0.05) is 13.0 Å². The van der Waals surface area contributed by atoms with Crippen LogP contribution in [0.3, 0.4) is 0 Å². The van der Waals surface area contributed by atoms with Crippen LogP contribution >= 0.6 is 0 Å². The highest BCUT2D eigenvalue weighted by Gasteiger charge is 2.28. The molecule has 0 aromatic rings. The zero-order valence-electron chi connectivity index (χ0n) is 11.0. The molecule has 0 aromatic carbocycles. The summed E-state index contributed by atoms with van der Waals surface area (Å²) in [6, 6.07) is -0.268. The summed E-state index contributed by atoms with van der Waals surface area (Å²) in [4.78, 5) is 22.5. The zero-order chi connectivity index (χ0) is 12.8. The van der Waals surface area contributed by atoms with Crippen LogP contribution in [0, 0.1) is 5.92 Å². The van der Waals surface area contributed by atoms with Crippen LogP contribution in [0.15, 0.2) is 0 Å². The molecule has 1 atom stereocenters. The topological polar surface area (TPSA) is 58.2 Å². The van der Waals surface area contributed by atoms with Gasteiger partial charge in [0.2, 0.25) is 11.8 Å². The maximum Gasteiger partial charge on any atom is 0.244 e. The highest BCUT2D eigenvalue weighted by Crippen LogP contribution is 2.27. The Morgan fingerprint density at radius 3 is 2.61 bits per heavy atom. The molecule has 2 amide bonds. The Bertz CT molecular complexity index is 298. The first-order valence-electron chi connectivity index (χ1n) is 7.33. The Hall–Kier alpha value is -1.06. The van der Waals surface area contributed by atoms with Crippen LogP contribution in [0.2, 0.25) is 0 Å². The Morgan fingerprint density at radius 1 is 1.22 bits per heavy atom. The highest BCUT2D eigenvalue weighted by molar-refractivity contribution is 5.92. The molecule has 4 nitrogen and oxygen atoms in total. The average molecular weight is 252 g/mol. The van der Waals surface area contributed by atoms with Crippen molar-refractivity contribution >= 4 is 11.8 Å². The molecule has 2 N–H and O–H groups in total. The average Bonchev–Trinajstić information content (AvgIpc) is 2.40. The van der Waals surface area contributed by atoms with Gasteiger partial charge in [0.15, 0.2) is 0 Å². The summed E-state index contributed by atoms with van der Waals surface area (Å²) in [6.45, 7) is 0.590. The van der Waals surface area contributed by atoms with Crippen LogP contribution < -0.4 is 10.6 Å². The standard InChI is InChI=1S/C14H24N2O2/c17-13(16-12-10-15-14(12)18)9-5-4-8-11-6-2-1-3-7-11/h11-12H,1-10H2,(H,15,18)(H,16,17). The summed E-state index contributed by atoms with van der Waals surface area (Å²) in [5.74, 6) is 0.878. The van der Waals surface area contributed by atoms with Crippen molar-refractivity contribution in [2.45, 2.75) is 63.8 Å². The van der Waals surface area contributed by atoms with E-state index in [1.807, 2.05) is 0 Å². The van der Waals surface area contributed by atoms with E-state index in [1.165, 1.54) is 38.5 Å². The minimum absolute atomic E-state index is 0.0264. The molecule has 1 aliphatic heterocycles. The lowest BCUT2D eigenvalue weighted by molar-refractivity contribution is -0.133. The number of nitrogens with one attached hydrogen (secondary N) is 2. The lowest BCUT2D eigenvalue weighted by Gasteiger charge is -2.26. The van der Waals surface area contributed by atoms with Gasteiger partial charge in [-0.2, -0.15) is 0 Å². The van der Waals surface area contributed by atoms with E-state index < -0.39 is 0 Å². The van der Waals surface area contributed by atoms with Crippen LogP contribution in [-0.2, 0) is 9.59 Å². The van der Waals surface area contributed by atoms with Crippen LogP contribution in [0.1, 0.15) is 57.8 Å². The van der Waals surface area contributed by atoms with E-state index in [2.05, 4.69) is 10.6 Å². The van der Waals surface area contributed by atoms with Crippen molar-refractivity contribution in [2.75, 3.05) is 6.54 Å². The lowest BCUT2D eigenvalue weighted by atomic mass is 9.85. The third-order valence-corrected chi connectivity index (χ3v) is 4.12. The predicted octanol–water partition coefficient (Wildman–Crippen LogP) is 1.74. The molecule has 1 aliphatic carbocycles. The number of amides is 2. The van der Waals surface area contributed by atoms with E-state index in [-0.39, 0.29) is 17.9 Å². The summed E-state index contributed by atoms with van der Waals surface area (Å²) in [5, 5.41) is 5.37. The number of carbonyl (C=O) groups excluding carboxylic acids is 2. The van der Waals surface area contributed by atoms with Gasteiger partial charge in [0.05, 0.1) is 0 Å². The fraction of sp³-hybridized carbons (Fsp3) is 0.857. The molecule has 0 radical (unpaired) electrons. The Kier molecular flexibility index (Phi) is 5.02. The number of hydrogen-bond donors (Lipinski definition) is 2. The van der Waals surface area contributed by atoms with Crippen molar-refractivity contribution in [3.05, 3.63) is 0 Å². The number of hydrogen-bond acceptors (Lipinski definition) is 2. The van der Waals surface area contributed by atoms with Gasteiger partial charge < -0.3 is 10.6 Å². The van der Waals surface area contributed by atoms with Crippen LogP contribution in [0.5, 0.6) is 0 Å². The molecule has 2 aliphatic rings. The first-order valence-corrected chi connectivity index (χ1v) is 7.33. The maximum absolute atomic E-state index is 11.6. The Morgan fingerprint density at radius 2 is 2.00 bits per heavy atom. The van der Waals surface area contributed by atoms with Gasteiger partial charge in [-0.3, -0.25) is 9.59 Å². The minimum atomic E-state index is -0.268. The van der Waals surface area contributed by atoms with Crippen molar-refractivity contribution in [2.24, 2.45) is 5.92 Å². The lowest BCUT2D eigenvalue weighted by Crippen LogP contribution is -2.61. The molecule has 1 saturated carbocycles. The second kappa shape index (κ2) is 6.76.